The number of nitrogens with one attached hydrogen (secondary N) is 1. The quantitative estimate of drug-likeness (QED) is 0.400. The normalized spacial score (nSPS) is 17.9. The van der Waals surface area contributed by atoms with Crippen LogP contribution < -0.4 is 16.8 Å². The number of hydrogen-bond donors (Lipinski definition) is 3. The Morgan fingerprint density at radius 2 is 1.83 bits per heavy atom. The summed E-state index contributed by atoms with van der Waals surface area (Å²) >= 11 is 0. The zero-order valence-electron chi connectivity index (χ0n) is 20.3. The molecule has 1 unspecified atom stereocenters. The van der Waals surface area contributed by atoms with Crippen LogP contribution in [0.4, 0.5) is 10.5 Å². The fraction of sp³-hybridized carbons (Fsp3) is 0.480. The number of alkyl carbamates (subject to hydrolysis) is 1. The highest BCUT2D eigenvalue weighted by Crippen LogP contribution is 2.20. The summed E-state index contributed by atoms with van der Waals surface area (Å²) in [5, 5.41) is 2.87. The Balaban J connectivity index is 1.80. The van der Waals surface area contributed by atoms with Crippen LogP contribution in [0.25, 0.3) is 0 Å². The lowest BCUT2D eigenvalue weighted by molar-refractivity contribution is 0.0797. The Bertz CT molecular complexity index is 1040. The minimum absolute atomic E-state index is 0.0230. The van der Waals surface area contributed by atoms with E-state index in [1.807, 2.05) is 44.2 Å². The van der Waals surface area contributed by atoms with Crippen molar-refractivity contribution in [3.8, 4) is 0 Å². The van der Waals surface area contributed by atoms with Crippen LogP contribution in [0.2, 0.25) is 0 Å². The van der Waals surface area contributed by atoms with Gasteiger partial charge < -0.3 is 26.3 Å². The molecule has 10 heteroatoms. The molecule has 1 aliphatic rings. The third-order valence-corrected chi connectivity index (χ3v) is 7.63. The van der Waals surface area contributed by atoms with Gasteiger partial charge in [0.25, 0.3) is 0 Å². The molecule has 2 aromatic carbocycles. The van der Waals surface area contributed by atoms with E-state index >= 15 is 0 Å². The lowest BCUT2D eigenvalue weighted by Crippen LogP contribution is -2.55. The second kappa shape index (κ2) is 12.3. The lowest BCUT2D eigenvalue weighted by atomic mass is 9.99. The van der Waals surface area contributed by atoms with Crippen molar-refractivity contribution in [2.24, 2.45) is 11.7 Å². The number of anilines is 1. The van der Waals surface area contributed by atoms with Gasteiger partial charge in [-0.1, -0.05) is 44.2 Å². The molecule has 0 radical (unpaired) electrons. The smallest absolute Gasteiger partial charge is 0.407 e. The SMILES string of the molecule is CC(C)CN(CC(N)[C@H](Cc1ccccc1)NC(=O)O[C@H]1CCOC1)S(=O)(=O)c1ccc(N)cc1. The van der Waals surface area contributed by atoms with E-state index in [4.69, 9.17) is 20.9 Å². The van der Waals surface area contributed by atoms with Gasteiger partial charge >= 0.3 is 6.09 Å². The average Bonchev–Trinajstić information content (AvgIpc) is 3.31. The number of hydrogen-bond acceptors (Lipinski definition) is 7. The zero-order valence-corrected chi connectivity index (χ0v) is 21.1. The highest BCUT2D eigenvalue weighted by Gasteiger charge is 2.31. The first-order valence-corrected chi connectivity index (χ1v) is 13.3. The van der Waals surface area contributed by atoms with Crippen LogP contribution in [-0.4, -0.2) is 63.3 Å². The van der Waals surface area contributed by atoms with E-state index in [-0.39, 0.29) is 30.0 Å². The predicted molar refractivity (Wildman–Crippen MR) is 135 cm³/mol. The molecular formula is C25H36N4O5S. The molecule has 0 aromatic heterocycles. The largest absolute Gasteiger partial charge is 0.444 e. The Morgan fingerprint density at radius 1 is 1.14 bits per heavy atom. The molecule has 9 nitrogen and oxygen atoms in total. The number of benzene rings is 2. The van der Waals surface area contributed by atoms with E-state index < -0.39 is 28.2 Å². The molecule has 0 bridgehead atoms. The summed E-state index contributed by atoms with van der Waals surface area (Å²) in [5.41, 5.74) is 13.8. The third-order valence-electron chi connectivity index (χ3n) is 5.78. The van der Waals surface area contributed by atoms with E-state index in [1.54, 1.807) is 12.1 Å². The molecule has 0 spiro atoms. The number of nitrogen functional groups attached to an aromatic ring is 1. The van der Waals surface area contributed by atoms with E-state index in [9.17, 15) is 13.2 Å². The van der Waals surface area contributed by atoms with Crippen molar-refractivity contribution in [3.05, 3.63) is 60.2 Å². The number of sulfonamides is 1. The van der Waals surface area contributed by atoms with Gasteiger partial charge in [0.2, 0.25) is 10.0 Å². The van der Waals surface area contributed by atoms with Crippen LogP contribution in [0, 0.1) is 5.92 Å². The van der Waals surface area contributed by atoms with Crippen LogP contribution in [0.15, 0.2) is 59.5 Å². The molecule has 2 aromatic rings. The summed E-state index contributed by atoms with van der Waals surface area (Å²) in [6.07, 6.45) is 0.182. The lowest BCUT2D eigenvalue weighted by Gasteiger charge is -2.31. The van der Waals surface area contributed by atoms with Gasteiger partial charge in [-0.2, -0.15) is 4.31 Å². The second-order valence-corrected chi connectivity index (χ2v) is 11.2. The summed E-state index contributed by atoms with van der Waals surface area (Å²) in [4.78, 5) is 12.8. The summed E-state index contributed by atoms with van der Waals surface area (Å²) in [7, 11) is -3.82. The van der Waals surface area contributed by atoms with E-state index in [0.717, 1.165) is 5.56 Å². The van der Waals surface area contributed by atoms with E-state index in [0.29, 0.717) is 31.7 Å². The van der Waals surface area contributed by atoms with Crippen LogP contribution >= 0.6 is 0 Å². The maximum Gasteiger partial charge on any atom is 0.407 e. The summed E-state index contributed by atoms with van der Waals surface area (Å²) in [6.45, 7) is 5.11. The number of nitrogens with zero attached hydrogens (tertiary/aromatic N) is 1. The number of ether oxygens (including phenoxy) is 2. The molecule has 5 N–H and O–H groups in total. The highest BCUT2D eigenvalue weighted by molar-refractivity contribution is 7.89. The van der Waals surface area contributed by atoms with Gasteiger partial charge in [0.15, 0.2) is 0 Å². The Labute approximate surface area is 207 Å². The molecule has 35 heavy (non-hydrogen) atoms. The van der Waals surface area contributed by atoms with Gasteiger partial charge in [0.05, 0.1) is 24.2 Å². The molecule has 1 fully saturated rings. The molecule has 1 saturated heterocycles. The fourth-order valence-corrected chi connectivity index (χ4v) is 5.59. The molecule has 3 atom stereocenters. The van der Waals surface area contributed by atoms with Gasteiger partial charge in [-0.3, -0.25) is 0 Å². The van der Waals surface area contributed by atoms with E-state index in [1.165, 1.54) is 16.4 Å². The van der Waals surface area contributed by atoms with Crippen LogP contribution in [-0.2, 0) is 25.9 Å². The Morgan fingerprint density at radius 3 is 2.43 bits per heavy atom. The number of nitrogens with two attached hydrogens (primary N) is 2. The van der Waals surface area contributed by atoms with Crippen molar-refractivity contribution < 1.29 is 22.7 Å². The van der Waals surface area contributed by atoms with Crippen molar-refractivity contribution in [2.45, 2.75) is 49.8 Å². The second-order valence-electron chi connectivity index (χ2n) is 9.28. The fourth-order valence-electron chi connectivity index (χ4n) is 3.95. The number of rotatable bonds is 11. The molecule has 3 rings (SSSR count). The predicted octanol–water partition coefficient (Wildman–Crippen LogP) is 2.37. The summed E-state index contributed by atoms with van der Waals surface area (Å²) < 4.78 is 39.0. The van der Waals surface area contributed by atoms with Gasteiger partial charge in [-0.15, -0.1) is 0 Å². The standard InChI is InChI=1S/C25H36N4O5S/c1-18(2)15-29(35(31,32)22-10-8-20(26)9-11-22)16-23(27)24(14-19-6-4-3-5-7-19)28-25(30)34-21-12-13-33-17-21/h3-11,18,21,23-24H,12-17,26-27H2,1-2H3,(H,28,30)/t21-,23?,24-/m0/s1. The van der Waals surface area contributed by atoms with Crippen LogP contribution in [0.5, 0.6) is 0 Å². The van der Waals surface area contributed by atoms with Crippen LogP contribution in [0.1, 0.15) is 25.8 Å². The topological polar surface area (TPSA) is 137 Å². The van der Waals surface area contributed by atoms with Gasteiger partial charge in [-0.25, -0.2) is 13.2 Å². The first-order chi connectivity index (χ1) is 16.6. The maximum absolute atomic E-state index is 13.5. The molecule has 1 heterocycles. The molecule has 0 aliphatic carbocycles. The summed E-state index contributed by atoms with van der Waals surface area (Å²) in [5.74, 6) is 0.0682. The molecule has 0 saturated carbocycles. The third kappa shape index (κ3) is 7.93. The van der Waals surface area contributed by atoms with Crippen molar-refractivity contribution in [1.29, 1.82) is 0 Å². The van der Waals surface area contributed by atoms with Crippen LogP contribution in [0.3, 0.4) is 0 Å². The van der Waals surface area contributed by atoms with Gasteiger partial charge in [-0.05, 0) is 42.2 Å². The Kier molecular flexibility index (Phi) is 9.50. The first-order valence-electron chi connectivity index (χ1n) is 11.8. The van der Waals surface area contributed by atoms with Gasteiger partial charge in [0.1, 0.15) is 6.10 Å². The Hall–Kier alpha value is -2.66. The minimum Gasteiger partial charge on any atom is -0.444 e. The number of carbonyl (C=O) groups is 1. The number of amides is 1. The molecule has 1 aliphatic heterocycles. The average molecular weight is 505 g/mol. The van der Waals surface area contributed by atoms with Gasteiger partial charge in [0, 0.05) is 31.2 Å². The molecule has 192 valence electrons. The minimum atomic E-state index is -3.82. The summed E-state index contributed by atoms with van der Waals surface area (Å²) in [6, 6.07) is 14.5. The first kappa shape index (κ1) is 26.9. The maximum atomic E-state index is 13.5. The molecular weight excluding hydrogens is 468 g/mol. The van der Waals surface area contributed by atoms with Crippen molar-refractivity contribution in [3.63, 3.8) is 0 Å². The monoisotopic (exact) mass is 504 g/mol. The zero-order chi connectivity index (χ0) is 25.4. The van der Waals surface area contributed by atoms with Crippen molar-refractivity contribution in [1.82, 2.24) is 9.62 Å². The van der Waals surface area contributed by atoms with Crippen molar-refractivity contribution >= 4 is 21.8 Å². The highest BCUT2D eigenvalue weighted by atomic mass is 32.2. The van der Waals surface area contributed by atoms with E-state index in [2.05, 4.69) is 5.32 Å². The number of carbonyl (C=O) groups excluding carboxylic acids is 1. The molecule has 1 amide bonds. The van der Waals surface area contributed by atoms with Crippen molar-refractivity contribution in [2.75, 3.05) is 32.0 Å².